The van der Waals surface area contributed by atoms with E-state index in [4.69, 9.17) is 18.9 Å². The van der Waals surface area contributed by atoms with Crippen molar-refractivity contribution in [1.82, 2.24) is 20.5 Å². The van der Waals surface area contributed by atoms with Crippen molar-refractivity contribution in [3.63, 3.8) is 0 Å². The van der Waals surface area contributed by atoms with Gasteiger partial charge >= 0.3 is 12.2 Å². The van der Waals surface area contributed by atoms with Crippen LogP contribution in [0, 0.1) is 0 Å². The lowest BCUT2D eigenvalue weighted by molar-refractivity contribution is -0.179. The number of hydrogen-bond donors (Lipinski definition) is 2. The highest BCUT2D eigenvalue weighted by atomic mass is 16.7. The maximum absolute atomic E-state index is 14.8. The Kier molecular flexibility index (Phi) is 14.0. The zero-order chi connectivity index (χ0) is 38.7. The van der Waals surface area contributed by atoms with Crippen LogP contribution in [0.1, 0.15) is 83.4 Å². The van der Waals surface area contributed by atoms with Crippen molar-refractivity contribution in [2.24, 2.45) is 0 Å². The van der Waals surface area contributed by atoms with Gasteiger partial charge in [-0.15, -0.1) is 0 Å². The fourth-order valence-corrected chi connectivity index (χ4v) is 6.92. The Morgan fingerprint density at radius 2 is 1.48 bits per heavy atom. The lowest BCUT2D eigenvalue weighted by Gasteiger charge is -2.36. The van der Waals surface area contributed by atoms with E-state index in [1.54, 1.807) is 31.9 Å². The van der Waals surface area contributed by atoms with Crippen LogP contribution in [0.4, 0.5) is 9.59 Å². The molecule has 0 unspecified atom stereocenters. The highest BCUT2D eigenvalue weighted by Gasteiger charge is 2.35. The SMILES string of the molecule is CCOC(OCC)[C@H](C)N(Cc1cccc2cccnc12)C(=O)[C@H](CCCCNC(=O)OC(C)(C)C)NC(=O)OCC1c2ccccc2-c2ccccc21. The van der Waals surface area contributed by atoms with Gasteiger partial charge in [0.05, 0.1) is 11.6 Å². The lowest BCUT2D eigenvalue weighted by atomic mass is 9.98. The van der Waals surface area contributed by atoms with Gasteiger partial charge in [-0.05, 0) is 94.7 Å². The molecule has 0 fully saturated rings. The van der Waals surface area contributed by atoms with Gasteiger partial charge in [-0.3, -0.25) is 9.78 Å². The molecule has 2 atom stereocenters. The lowest BCUT2D eigenvalue weighted by Crippen LogP contribution is -2.54. The van der Waals surface area contributed by atoms with Gasteiger partial charge in [0.15, 0.2) is 6.29 Å². The summed E-state index contributed by atoms with van der Waals surface area (Å²) in [4.78, 5) is 47.1. The third-order valence-electron chi connectivity index (χ3n) is 9.41. The van der Waals surface area contributed by atoms with E-state index in [1.165, 1.54) is 0 Å². The molecule has 1 heterocycles. The highest BCUT2D eigenvalue weighted by Crippen LogP contribution is 2.44. The molecule has 54 heavy (non-hydrogen) atoms. The van der Waals surface area contributed by atoms with E-state index < -0.39 is 36.2 Å². The topological polar surface area (TPSA) is 128 Å². The summed E-state index contributed by atoms with van der Waals surface area (Å²) >= 11 is 0. The number of para-hydroxylation sites is 1. The van der Waals surface area contributed by atoms with Crippen molar-refractivity contribution in [3.8, 4) is 11.1 Å². The van der Waals surface area contributed by atoms with Crippen LogP contribution >= 0.6 is 0 Å². The summed E-state index contributed by atoms with van der Waals surface area (Å²) in [5.74, 6) is -0.446. The van der Waals surface area contributed by atoms with Crippen LogP contribution in [-0.2, 0) is 30.3 Å². The smallest absolute Gasteiger partial charge is 0.407 e. The summed E-state index contributed by atoms with van der Waals surface area (Å²) in [5.41, 5.74) is 5.46. The Hall–Kier alpha value is -5.00. The molecule has 0 bridgehead atoms. The monoisotopic (exact) mass is 738 g/mol. The predicted molar refractivity (Wildman–Crippen MR) is 209 cm³/mol. The number of carbonyl (C=O) groups is 3. The summed E-state index contributed by atoms with van der Waals surface area (Å²) < 4.78 is 23.3. The molecule has 1 aliphatic carbocycles. The number of nitrogens with one attached hydrogen (secondary N) is 2. The van der Waals surface area contributed by atoms with E-state index in [9.17, 15) is 14.4 Å². The minimum Gasteiger partial charge on any atom is -0.449 e. The molecular formula is C43H54N4O7. The molecule has 3 aromatic carbocycles. The quantitative estimate of drug-likeness (QED) is 0.0826. The van der Waals surface area contributed by atoms with E-state index in [2.05, 4.69) is 39.9 Å². The number of aromatic nitrogens is 1. The minimum absolute atomic E-state index is 0.110. The zero-order valence-electron chi connectivity index (χ0n) is 32.3. The number of carbonyl (C=O) groups excluding carboxylic acids is 3. The Bertz CT molecular complexity index is 1820. The van der Waals surface area contributed by atoms with Gasteiger partial charge < -0.3 is 34.5 Å². The van der Waals surface area contributed by atoms with E-state index >= 15 is 0 Å². The number of pyridine rings is 1. The highest BCUT2D eigenvalue weighted by molar-refractivity contribution is 5.87. The second-order valence-corrected chi connectivity index (χ2v) is 14.4. The molecule has 0 aliphatic heterocycles. The van der Waals surface area contributed by atoms with E-state index in [0.717, 1.165) is 38.7 Å². The van der Waals surface area contributed by atoms with Gasteiger partial charge in [-0.2, -0.15) is 0 Å². The molecule has 0 radical (unpaired) electrons. The molecular weight excluding hydrogens is 684 g/mol. The number of alkyl carbamates (subject to hydrolysis) is 2. The van der Waals surface area contributed by atoms with Crippen LogP contribution in [0.15, 0.2) is 85.1 Å². The molecule has 5 rings (SSSR count). The van der Waals surface area contributed by atoms with Crippen molar-refractivity contribution in [2.75, 3.05) is 26.4 Å². The van der Waals surface area contributed by atoms with Gasteiger partial charge in [0.1, 0.15) is 18.2 Å². The second kappa shape index (κ2) is 18.9. The third-order valence-corrected chi connectivity index (χ3v) is 9.41. The fraction of sp³-hybridized carbons (Fsp3) is 0.442. The molecule has 3 amide bonds. The largest absolute Gasteiger partial charge is 0.449 e. The van der Waals surface area contributed by atoms with Crippen LogP contribution in [0.2, 0.25) is 0 Å². The van der Waals surface area contributed by atoms with Crippen molar-refractivity contribution < 1.29 is 33.3 Å². The molecule has 0 spiro atoms. The molecule has 0 saturated heterocycles. The third kappa shape index (κ3) is 10.4. The summed E-state index contributed by atoms with van der Waals surface area (Å²) in [6.07, 6.45) is 1.20. The number of nitrogens with zero attached hydrogens (tertiary/aromatic N) is 2. The van der Waals surface area contributed by atoms with Crippen LogP contribution in [0.3, 0.4) is 0 Å². The average molecular weight is 739 g/mol. The summed E-state index contributed by atoms with van der Waals surface area (Å²) in [6.45, 7) is 12.5. The summed E-state index contributed by atoms with van der Waals surface area (Å²) in [6, 6.07) is 24.6. The number of fused-ring (bicyclic) bond motifs is 4. The molecule has 0 saturated carbocycles. The number of benzene rings is 3. The fourth-order valence-electron chi connectivity index (χ4n) is 6.92. The van der Waals surface area contributed by atoms with Gasteiger partial charge in [0.2, 0.25) is 5.91 Å². The van der Waals surface area contributed by atoms with Crippen LogP contribution in [-0.4, -0.2) is 78.3 Å². The number of hydrogen-bond acceptors (Lipinski definition) is 8. The maximum atomic E-state index is 14.8. The first-order valence-electron chi connectivity index (χ1n) is 18.9. The first-order valence-corrected chi connectivity index (χ1v) is 18.9. The van der Waals surface area contributed by atoms with Crippen molar-refractivity contribution in [3.05, 3.63) is 102 Å². The molecule has 1 aliphatic rings. The van der Waals surface area contributed by atoms with Gasteiger partial charge in [-0.25, -0.2) is 9.59 Å². The normalized spacial score (nSPS) is 13.5. The van der Waals surface area contributed by atoms with Crippen LogP contribution in [0.5, 0.6) is 0 Å². The molecule has 11 heteroatoms. The second-order valence-electron chi connectivity index (χ2n) is 14.4. The van der Waals surface area contributed by atoms with E-state index in [-0.39, 0.29) is 25.0 Å². The van der Waals surface area contributed by atoms with E-state index in [0.29, 0.717) is 39.0 Å². The van der Waals surface area contributed by atoms with Crippen molar-refractivity contribution >= 4 is 29.0 Å². The first-order chi connectivity index (χ1) is 26.0. The summed E-state index contributed by atoms with van der Waals surface area (Å²) in [5, 5.41) is 6.65. The summed E-state index contributed by atoms with van der Waals surface area (Å²) in [7, 11) is 0. The number of ether oxygens (including phenoxy) is 4. The number of unbranched alkanes of at least 4 members (excludes halogenated alkanes) is 1. The van der Waals surface area contributed by atoms with Crippen molar-refractivity contribution in [1.29, 1.82) is 0 Å². The van der Waals surface area contributed by atoms with Crippen molar-refractivity contribution in [2.45, 2.75) is 97.2 Å². The van der Waals surface area contributed by atoms with Gasteiger partial charge in [-0.1, -0.05) is 72.8 Å². The van der Waals surface area contributed by atoms with Crippen LogP contribution < -0.4 is 10.6 Å². The molecule has 4 aromatic rings. The number of rotatable bonds is 17. The predicted octanol–water partition coefficient (Wildman–Crippen LogP) is 7.95. The molecule has 288 valence electrons. The standard InChI is InChI=1S/C43H54N4O7/c1-7-51-40(52-8-2)29(3)47(27-31-18-15-17-30-19-16-26-44-38(30)31)39(48)37(24-13-14-25-45-41(49)54-43(4,5)6)46-42(50)53-28-36-34-22-11-9-20-32(34)33-21-10-12-23-35(33)36/h9-12,15-23,26,29,36-37,40H,7-8,13-14,24-25,27-28H2,1-6H3,(H,45,49)(H,46,50)/t29-,37-/m0/s1. The average Bonchev–Trinajstić information content (AvgIpc) is 3.47. The number of amides is 3. The Labute approximate surface area is 318 Å². The minimum atomic E-state index is -0.948. The Balaban J connectivity index is 1.37. The van der Waals surface area contributed by atoms with Gasteiger partial charge in [0.25, 0.3) is 0 Å². The zero-order valence-corrected chi connectivity index (χ0v) is 32.3. The Morgan fingerprint density at radius 3 is 2.13 bits per heavy atom. The molecule has 11 nitrogen and oxygen atoms in total. The van der Waals surface area contributed by atoms with Crippen LogP contribution in [0.25, 0.3) is 22.0 Å². The van der Waals surface area contributed by atoms with Gasteiger partial charge in [0, 0.05) is 43.8 Å². The molecule has 2 N–H and O–H groups in total. The molecule has 1 aromatic heterocycles. The maximum Gasteiger partial charge on any atom is 0.407 e. The Morgan fingerprint density at radius 1 is 0.833 bits per heavy atom. The van der Waals surface area contributed by atoms with E-state index in [1.807, 2.05) is 75.4 Å². The first kappa shape index (κ1) is 40.2.